The molecule has 0 unspecified atom stereocenters. The van der Waals surface area contributed by atoms with Gasteiger partial charge >= 0.3 is 0 Å². The fraction of sp³-hybridized carbons (Fsp3) is 0.364. The number of nitrogens with two attached hydrogens (primary N) is 1. The van der Waals surface area contributed by atoms with E-state index in [0.29, 0.717) is 5.69 Å². The van der Waals surface area contributed by atoms with Gasteiger partial charge in [0.1, 0.15) is 5.82 Å². The van der Waals surface area contributed by atoms with Crippen LogP contribution < -0.4 is 10.6 Å². The van der Waals surface area contributed by atoms with Crippen LogP contribution in [0, 0.1) is 0 Å². The average Bonchev–Trinajstić information content (AvgIpc) is 2.20. The summed E-state index contributed by atoms with van der Waals surface area (Å²) in [6.45, 7) is 4.13. The van der Waals surface area contributed by atoms with Crippen molar-refractivity contribution in [1.82, 2.24) is 4.98 Å². The van der Waals surface area contributed by atoms with Crippen LogP contribution in [0.2, 0.25) is 0 Å². The lowest BCUT2D eigenvalue weighted by Gasteiger charge is -2.27. The average molecular weight is 268 g/mol. The molecule has 0 saturated carbocycles. The summed E-state index contributed by atoms with van der Waals surface area (Å²) in [7, 11) is 0. The number of pyridine rings is 1. The van der Waals surface area contributed by atoms with E-state index in [1.54, 1.807) is 6.20 Å². The van der Waals surface area contributed by atoms with E-state index in [1.165, 1.54) is 5.57 Å². The van der Waals surface area contributed by atoms with Crippen LogP contribution in [0.1, 0.15) is 13.3 Å². The quantitative estimate of drug-likeness (QED) is 0.796. The van der Waals surface area contributed by atoms with Crippen molar-refractivity contribution in [3.8, 4) is 0 Å². The second kappa shape index (κ2) is 4.23. The summed E-state index contributed by atoms with van der Waals surface area (Å²) in [5.41, 5.74) is 7.80. The van der Waals surface area contributed by atoms with Crippen LogP contribution in [0.4, 0.5) is 11.5 Å². The van der Waals surface area contributed by atoms with Gasteiger partial charge in [-0.25, -0.2) is 4.98 Å². The third kappa shape index (κ3) is 2.31. The lowest BCUT2D eigenvalue weighted by molar-refractivity contribution is 0.774. The highest BCUT2D eigenvalue weighted by Gasteiger charge is 2.13. The van der Waals surface area contributed by atoms with Crippen LogP contribution in [-0.2, 0) is 0 Å². The van der Waals surface area contributed by atoms with Gasteiger partial charge in [-0.3, -0.25) is 0 Å². The summed E-state index contributed by atoms with van der Waals surface area (Å²) >= 11 is 3.49. The Bertz CT molecular complexity index is 401. The molecule has 1 aromatic rings. The molecule has 0 amide bonds. The van der Waals surface area contributed by atoms with Crippen molar-refractivity contribution in [2.75, 3.05) is 23.7 Å². The first kappa shape index (κ1) is 10.5. The molecule has 0 radical (unpaired) electrons. The molecule has 1 aliphatic heterocycles. The van der Waals surface area contributed by atoms with E-state index < -0.39 is 0 Å². The minimum absolute atomic E-state index is 0.689. The first-order valence-corrected chi connectivity index (χ1v) is 5.78. The highest BCUT2D eigenvalue weighted by Crippen LogP contribution is 2.27. The van der Waals surface area contributed by atoms with Crippen molar-refractivity contribution in [3.63, 3.8) is 0 Å². The molecule has 1 aliphatic rings. The van der Waals surface area contributed by atoms with Gasteiger partial charge in [0.25, 0.3) is 0 Å². The zero-order chi connectivity index (χ0) is 10.8. The molecule has 80 valence electrons. The minimum atomic E-state index is 0.689. The van der Waals surface area contributed by atoms with Crippen molar-refractivity contribution < 1.29 is 0 Å². The summed E-state index contributed by atoms with van der Waals surface area (Å²) < 4.78 is 0.968. The van der Waals surface area contributed by atoms with Crippen LogP contribution in [0.15, 0.2) is 28.4 Å². The monoisotopic (exact) mass is 267 g/mol. The van der Waals surface area contributed by atoms with Crippen LogP contribution in [0.5, 0.6) is 0 Å². The number of aromatic nitrogens is 1. The Labute approximate surface area is 98.1 Å². The van der Waals surface area contributed by atoms with Crippen molar-refractivity contribution in [1.29, 1.82) is 0 Å². The SMILES string of the molecule is CC1=CCN(c2ncc(N)cc2Br)CC1. The van der Waals surface area contributed by atoms with E-state index in [4.69, 9.17) is 5.73 Å². The van der Waals surface area contributed by atoms with Crippen molar-refractivity contribution in [3.05, 3.63) is 28.4 Å². The van der Waals surface area contributed by atoms with Gasteiger partial charge in [0, 0.05) is 13.1 Å². The molecule has 0 atom stereocenters. The van der Waals surface area contributed by atoms with Gasteiger partial charge in [-0.15, -0.1) is 0 Å². The Morgan fingerprint density at radius 3 is 2.93 bits per heavy atom. The molecule has 15 heavy (non-hydrogen) atoms. The Morgan fingerprint density at radius 2 is 2.33 bits per heavy atom. The third-order valence-corrected chi connectivity index (χ3v) is 3.16. The Kier molecular flexibility index (Phi) is 2.95. The molecule has 0 aromatic carbocycles. The van der Waals surface area contributed by atoms with Crippen LogP contribution in [0.3, 0.4) is 0 Å². The van der Waals surface area contributed by atoms with E-state index in [2.05, 4.69) is 38.8 Å². The first-order valence-electron chi connectivity index (χ1n) is 4.98. The van der Waals surface area contributed by atoms with Gasteiger partial charge in [0.2, 0.25) is 0 Å². The summed E-state index contributed by atoms with van der Waals surface area (Å²) in [4.78, 5) is 6.60. The van der Waals surface area contributed by atoms with E-state index in [9.17, 15) is 0 Å². The smallest absolute Gasteiger partial charge is 0.143 e. The maximum absolute atomic E-state index is 5.66. The molecular weight excluding hydrogens is 254 g/mol. The van der Waals surface area contributed by atoms with Crippen LogP contribution in [-0.4, -0.2) is 18.1 Å². The molecular formula is C11H14BrN3. The predicted octanol–water partition coefficient (Wildman–Crippen LogP) is 2.58. The lowest BCUT2D eigenvalue weighted by Crippen LogP contribution is -2.29. The molecule has 0 fully saturated rings. The van der Waals surface area contributed by atoms with Crippen molar-refractivity contribution in [2.45, 2.75) is 13.3 Å². The fourth-order valence-corrected chi connectivity index (χ4v) is 2.26. The van der Waals surface area contributed by atoms with E-state index >= 15 is 0 Å². The molecule has 1 aromatic heterocycles. The summed E-state index contributed by atoms with van der Waals surface area (Å²) in [6, 6.07) is 1.90. The Hall–Kier alpha value is -1.03. The summed E-state index contributed by atoms with van der Waals surface area (Å²) in [5, 5.41) is 0. The standard InChI is InChI=1S/C11H14BrN3/c1-8-2-4-15(5-3-8)11-10(12)6-9(13)7-14-11/h2,6-7H,3-5,13H2,1H3. The fourth-order valence-electron chi connectivity index (χ4n) is 1.64. The number of rotatable bonds is 1. The largest absolute Gasteiger partial charge is 0.397 e. The van der Waals surface area contributed by atoms with Crippen LogP contribution in [0.25, 0.3) is 0 Å². The minimum Gasteiger partial charge on any atom is -0.397 e. The zero-order valence-corrected chi connectivity index (χ0v) is 10.3. The first-order chi connectivity index (χ1) is 7.16. The van der Waals surface area contributed by atoms with Gasteiger partial charge in [-0.1, -0.05) is 11.6 Å². The van der Waals surface area contributed by atoms with Crippen molar-refractivity contribution in [2.24, 2.45) is 0 Å². The molecule has 2 heterocycles. The second-order valence-corrected chi connectivity index (χ2v) is 4.67. The number of nitrogens with zero attached hydrogens (tertiary/aromatic N) is 2. The van der Waals surface area contributed by atoms with Gasteiger partial charge in [0.05, 0.1) is 16.4 Å². The second-order valence-electron chi connectivity index (χ2n) is 3.82. The van der Waals surface area contributed by atoms with E-state index in [0.717, 1.165) is 29.8 Å². The number of halogens is 1. The Morgan fingerprint density at radius 1 is 1.53 bits per heavy atom. The molecule has 0 saturated heterocycles. The topological polar surface area (TPSA) is 42.2 Å². The molecule has 2 N–H and O–H groups in total. The van der Waals surface area contributed by atoms with Crippen LogP contribution >= 0.6 is 15.9 Å². The predicted molar refractivity (Wildman–Crippen MR) is 66.9 cm³/mol. The van der Waals surface area contributed by atoms with E-state index in [1.807, 2.05) is 6.07 Å². The zero-order valence-electron chi connectivity index (χ0n) is 8.70. The molecule has 3 nitrogen and oxygen atoms in total. The van der Waals surface area contributed by atoms with Gasteiger partial charge in [-0.05, 0) is 35.3 Å². The maximum atomic E-state index is 5.66. The maximum Gasteiger partial charge on any atom is 0.143 e. The van der Waals surface area contributed by atoms with Gasteiger partial charge in [0.15, 0.2) is 0 Å². The van der Waals surface area contributed by atoms with E-state index in [-0.39, 0.29) is 0 Å². The number of hydrogen-bond donors (Lipinski definition) is 1. The molecule has 2 rings (SSSR count). The third-order valence-electron chi connectivity index (χ3n) is 2.58. The number of hydrogen-bond acceptors (Lipinski definition) is 3. The highest BCUT2D eigenvalue weighted by molar-refractivity contribution is 9.10. The molecule has 0 spiro atoms. The Balaban J connectivity index is 2.23. The number of anilines is 2. The molecule has 4 heteroatoms. The van der Waals surface area contributed by atoms with Crippen molar-refractivity contribution >= 4 is 27.4 Å². The lowest BCUT2D eigenvalue weighted by atomic mass is 10.1. The van der Waals surface area contributed by atoms with Gasteiger partial charge < -0.3 is 10.6 Å². The highest BCUT2D eigenvalue weighted by atomic mass is 79.9. The summed E-state index contributed by atoms with van der Waals surface area (Å²) in [6.07, 6.45) is 5.05. The molecule has 0 bridgehead atoms. The van der Waals surface area contributed by atoms with Gasteiger partial charge in [-0.2, -0.15) is 0 Å². The normalized spacial score (nSPS) is 16.4. The number of nitrogen functional groups attached to an aromatic ring is 1. The summed E-state index contributed by atoms with van der Waals surface area (Å²) in [5.74, 6) is 0.980. The molecule has 0 aliphatic carbocycles.